The lowest BCUT2D eigenvalue weighted by molar-refractivity contribution is -0.147. The number of rotatable bonds is 8. The van der Waals surface area contributed by atoms with E-state index in [0.717, 1.165) is 11.1 Å². The fraction of sp³-hybridized carbons (Fsp3) is 0.136. The predicted octanol–water partition coefficient (Wildman–Crippen LogP) is 2.46. The predicted molar refractivity (Wildman–Crippen MR) is 105 cm³/mol. The van der Waals surface area contributed by atoms with Crippen LogP contribution in [0.25, 0.3) is 0 Å². The second-order valence-corrected chi connectivity index (χ2v) is 6.13. The van der Waals surface area contributed by atoms with Crippen molar-refractivity contribution in [2.24, 2.45) is 0 Å². The molecule has 0 bridgehead atoms. The van der Waals surface area contributed by atoms with Gasteiger partial charge in [-0.15, -0.1) is 0 Å². The van der Waals surface area contributed by atoms with E-state index in [0.29, 0.717) is 0 Å². The van der Waals surface area contributed by atoms with Gasteiger partial charge in [-0.3, -0.25) is 14.4 Å². The number of amides is 2. The molecule has 0 saturated carbocycles. The van der Waals surface area contributed by atoms with Crippen molar-refractivity contribution < 1.29 is 23.5 Å². The number of ether oxygens (including phenoxy) is 1. The first-order valence-corrected chi connectivity index (χ1v) is 9.01. The number of furan rings is 1. The first kappa shape index (κ1) is 19.9. The first-order valence-electron chi connectivity index (χ1n) is 9.01. The molecule has 7 heteroatoms. The van der Waals surface area contributed by atoms with Crippen LogP contribution in [-0.2, 0) is 14.3 Å². The van der Waals surface area contributed by atoms with Gasteiger partial charge in [0.2, 0.25) is 5.91 Å². The van der Waals surface area contributed by atoms with Crippen molar-refractivity contribution in [2.45, 2.75) is 6.10 Å². The Morgan fingerprint density at radius 3 is 1.97 bits per heavy atom. The number of carbonyl (C=O) groups excluding carboxylic acids is 3. The Labute approximate surface area is 167 Å². The van der Waals surface area contributed by atoms with Crippen LogP contribution < -0.4 is 10.6 Å². The van der Waals surface area contributed by atoms with E-state index in [-0.39, 0.29) is 18.8 Å². The Hall–Kier alpha value is -3.87. The summed E-state index contributed by atoms with van der Waals surface area (Å²) >= 11 is 0. The minimum atomic E-state index is -0.589. The average Bonchev–Trinajstić information content (AvgIpc) is 3.30. The van der Waals surface area contributed by atoms with Crippen LogP contribution in [0.3, 0.4) is 0 Å². The number of benzene rings is 2. The van der Waals surface area contributed by atoms with Gasteiger partial charge >= 0.3 is 5.97 Å². The van der Waals surface area contributed by atoms with E-state index in [2.05, 4.69) is 10.6 Å². The summed E-state index contributed by atoms with van der Waals surface area (Å²) in [4.78, 5) is 35.9. The normalized spacial score (nSPS) is 10.4. The molecule has 2 N–H and O–H groups in total. The molecule has 1 heterocycles. The quantitative estimate of drug-likeness (QED) is 0.574. The smallest absolute Gasteiger partial charge is 0.326 e. The number of esters is 1. The van der Waals surface area contributed by atoms with Gasteiger partial charge in [0.25, 0.3) is 5.91 Å². The van der Waals surface area contributed by atoms with Crippen LogP contribution in [0.2, 0.25) is 0 Å². The molecule has 7 nitrogen and oxygen atoms in total. The highest BCUT2D eigenvalue weighted by atomic mass is 16.5. The van der Waals surface area contributed by atoms with E-state index < -0.39 is 23.9 Å². The summed E-state index contributed by atoms with van der Waals surface area (Å²) in [5.74, 6) is -1.52. The van der Waals surface area contributed by atoms with Gasteiger partial charge in [-0.25, -0.2) is 0 Å². The van der Waals surface area contributed by atoms with Crippen molar-refractivity contribution in [1.82, 2.24) is 10.6 Å². The second kappa shape index (κ2) is 9.89. The van der Waals surface area contributed by atoms with Gasteiger partial charge in [0.1, 0.15) is 6.54 Å². The van der Waals surface area contributed by atoms with Crippen LogP contribution in [0.1, 0.15) is 27.8 Å². The maximum Gasteiger partial charge on any atom is 0.326 e. The number of hydrogen-bond acceptors (Lipinski definition) is 5. The van der Waals surface area contributed by atoms with E-state index in [1.807, 2.05) is 60.7 Å². The van der Waals surface area contributed by atoms with Gasteiger partial charge in [-0.05, 0) is 23.3 Å². The van der Waals surface area contributed by atoms with Gasteiger partial charge in [0.05, 0.1) is 12.8 Å². The minimum Gasteiger partial charge on any atom is -0.459 e. The summed E-state index contributed by atoms with van der Waals surface area (Å²) in [6.07, 6.45) is 0.779. The molecule has 0 unspecified atom stereocenters. The van der Waals surface area contributed by atoms with Gasteiger partial charge in [-0.1, -0.05) is 60.7 Å². The molecule has 0 saturated heterocycles. The highest BCUT2D eigenvalue weighted by Crippen LogP contribution is 2.25. The van der Waals surface area contributed by atoms with E-state index in [4.69, 9.17) is 9.15 Å². The molecule has 3 rings (SSSR count). The van der Waals surface area contributed by atoms with Gasteiger partial charge in [0, 0.05) is 0 Å². The Balaban J connectivity index is 1.52. The Kier molecular flexibility index (Phi) is 6.78. The van der Waals surface area contributed by atoms with E-state index in [1.165, 1.54) is 12.3 Å². The lowest BCUT2D eigenvalue weighted by Gasteiger charge is -2.19. The summed E-state index contributed by atoms with van der Waals surface area (Å²) in [7, 11) is 0. The van der Waals surface area contributed by atoms with Gasteiger partial charge < -0.3 is 19.8 Å². The molecule has 0 aliphatic carbocycles. The van der Waals surface area contributed by atoms with Crippen molar-refractivity contribution in [1.29, 1.82) is 0 Å². The zero-order valence-corrected chi connectivity index (χ0v) is 15.5. The van der Waals surface area contributed by atoms with Gasteiger partial charge in [0.15, 0.2) is 11.9 Å². The van der Waals surface area contributed by atoms with Crippen LogP contribution in [0, 0.1) is 0 Å². The van der Waals surface area contributed by atoms with Crippen LogP contribution in [0.4, 0.5) is 0 Å². The SMILES string of the molecule is O=C(CNC(=O)c1ccco1)NCC(=O)OC(c1ccccc1)c1ccccc1. The minimum absolute atomic E-state index is 0.103. The molecule has 0 fully saturated rings. The van der Waals surface area contributed by atoms with Crippen LogP contribution >= 0.6 is 0 Å². The highest BCUT2D eigenvalue weighted by Gasteiger charge is 2.19. The van der Waals surface area contributed by atoms with Crippen LogP contribution in [-0.4, -0.2) is 30.9 Å². The van der Waals surface area contributed by atoms with Crippen LogP contribution in [0.15, 0.2) is 83.5 Å². The zero-order valence-electron chi connectivity index (χ0n) is 15.5. The molecular weight excluding hydrogens is 372 g/mol. The van der Waals surface area contributed by atoms with Crippen molar-refractivity contribution in [3.05, 3.63) is 95.9 Å². The van der Waals surface area contributed by atoms with Crippen molar-refractivity contribution in [2.75, 3.05) is 13.1 Å². The molecule has 0 radical (unpaired) electrons. The van der Waals surface area contributed by atoms with E-state index >= 15 is 0 Å². The van der Waals surface area contributed by atoms with Crippen molar-refractivity contribution in [3.8, 4) is 0 Å². The molecule has 2 aromatic carbocycles. The zero-order chi connectivity index (χ0) is 20.5. The summed E-state index contributed by atoms with van der Waals surface area (Å²) in [5.41, 5.74) is 1.65. The van der Waals surface area contributed by atoms with Crippen molar-refractivity contribution in [3.63, 3.8) is 0 Å². The molecule has 0 spiro atoms. The fourth-order valence-electron chi connectivity index (χ4n) is 2.65. The highest BCUT2D eigenvalue weighted by molar-refractivity contribution is 5.94. The van der Waals surface area contributed by atoms with E-state index in [9.17, 15) is 14.4 Å². The monoisotopic (exact) mass is 392 g/mol. The molecule has 29 heavy (non-hydrogen) atoms. The lowest BCUT2D eigenvalue weighted by Crippen LogP contribution is -2.39. The molecule has 1 aromatic heterocycles. The number of hydrogen-bond donors (Lipinski definition) is 2. The van der Waals surface area contributed by atoms with Crippen molar-refractivity contribution >= 4 is 17.8 Å². The van der Waals surface area contributed by atoms with Crippen LogP contribution in [0.5, 0.6) is 0 Å². The summed E-state index contributed by atoms with van der Waals surface area (Å²) < 4.78 is 10.5. The molecule has 0 aliphatic rings. The summed E-state index contributed by atoms with van der Waals surface area (Å²) in [6, 6.07) is 21.7. The van der Waals surface area contributed by atoms with E-state index in [1.54, 1.807) is 6.07 Å². The molecule has 0 aliphatic heterocycles. The Bertz CT molecular complexity index is 900. The molecule has 0 atom stereocenters. The third-order valence-corrected chi connectivity index (χ3v) is 4.04. The number of carbonyl (C=O) groups is 3. The average molecular weight is 392 g/mol. The maximum absolute atomic E-state index is 12.3. The molecule has 148 valence electrons. The molecule has 3 aromatic rings. The molecular formula is C22H20N2O5. The Morgan fingerprint density at radius 2 is 1.41 bits per heavy atom. The number of nitrogens with one attached hydrogen (secondary N) is 2. The first-order chi connectivity index (χ1) is 14.1. The maximum atomic E-state index is 12.3. The largest absolute Gasteiger partial charge is 0.459 e. The fourth-order valence-corrected chi connectivity index (χ4v) is 2.65. The standard InChI is InChI=1S/C22H20N2O5/c25-19(14-24-22(27)18-12-7-13-28-18)23-15-20(26)29-21(16-8-3-1-4-9-16)17-10-5-2-6-11-17/h1-13,21H,14-15H2,(H,23,25)(H,24,27). The topological polar surface area (TPSA) is 97.6 Å². The third kappa shape index (κ3) is 5.80. The summed E-state index contributed by atoms with van der Waals surface area (Å²) in [6.45, 7) is -0.598. The Morgan fingerprint density at radius 1 is 0.793 bits per heavy atom. The lowest BCUT2D eigenvalue weighted by atomic mass is 10.0. The summed E-state index contributed by atoms with van der Waals surface area (Å²) in [5, 5.41) is 4.84. The molecule has 2 amide bonds. The second-order valence-electron chi connectivity index (χ2n) is 6.13. The third-order valence-electron chi connectivity index (χ3n) is 4.04. The van der Waals surface area contributed by atoms with Gasteiger partial charge in [-0.2, -0.15) is 0 Å².